The highest BCUT2D eigenvalue weighted by Crippen LogP contribution is 2.24. The Hall–Kier alpha value is -2.18. The number of anilines is 2. The summed E-state index contributed by atoms with van der Waals surface area (Å²) in [6.07, 6.45) is 0. The average molecular weight is 272 g/mol. The van der Waals surface area contributed by atoms with Gasteiger partial charge in [-0.15, -0.1) is 0 Å². The molecule has 2 aromatic rings. The van der Waals surface area contributed by atoms with Crippen molar-refractivity contribution in [2.45, 2.75) is 6.54 Å². The minimum Gasteiger partial charge on any atom is -0.399 e. The fourth-order valence-electron chi connectivity index (χ4n) is 1.98. The number of nitrogens with zero attached hydrogens (tertiary/aromatic N) is 2. The van der Waals surface area contributed by atoms with Crippen molar-refractivity contribution in [2.24, 2.45) is 0 Å². The van der Waals surface area contributed by atoms with Crippen molar-refractivity contribution in [3.63, 3.8) is 0 Å². The summed E-state index contributed by atoms with van der Waals surface area (Å²) in [5, 5.41) is 9.71. The molecule has 4 heteroatoms. The van der Waals surface area contributed by atoms with E-state index in [0.717, 1.165) is 16.9 Å². The second-order valence-corrected chi connectivity index (χ2v) is 4.81. The number of benzene rings is 2. The lowest BCUT2D eigenvalue weighted by Crippen LogP contribution is -2.17. The third kappa shape index (κ3) is 3.18. The van der Waals surface area contributed by atoms with Crippen LogP contribution < -0.4 is 10.6 Å². The summed E-state index contributed by atoms with van der Waals surface area (Å²) in [4.78, 5) is 2.00. The fourth-order valence-corrected chi connectivity index (χ4v) is 2.15. The quantitative estimate of drug-likeness (QED) is 0.870. The highest BCUT2D eigenvalue weighted by atomic mass is 35.5. The lowest BCUT2D eigenvalue weighted by atomic mass is 10.1. The maximum atomic E-state index is 9.15. The first-order valence-electron chi connectivity index (χ1n) is 5.85. The summed E-state index contributed by atoms with van der Waals surface area (Å²) in [6.45, 7) is 0.682. The molecule has 0 saturated heterocycles. The van der Waals surface area contributed by atoms with E-state index in [1.165, 1.54) is 0 Å². The fraction of sp³-hybridized carbons (Fsp3) is 0.133. The van der Waals surface area contributed by atoms with Crippen LogP contribution >= 0.6 is 11.6 Å². The van der Waals surface area contributed by atoms with Crippen LogP contribution in [0.25, 0.3) is 0 Å². The van der Waals surface area contributed by atoms with Crippen LogP contribution in [-0.4, -0.2) is 7.05 Å². The van der Waals surface area contributed by atoms with E-state index >= 15 is 0 Å². The molecular formula is C15H14ClN3. The highest BCUT2D eigenvalue weighted by Gasteiger charge is 2.08. The first-order chi connectivity index (χ1) is 9.10. The second kappa shape index (κ2) is 5.64. The van der Waals surface area contributed by atoms with Crippen LogP contribution in [0.2, 0.25) is 5.02 Å². The first kappa shape index (κ1) is 13.3. The van der Waals surface area contributed by atoms with Gasteiger partial charge in [0.05, 0.1) is 11.3 Å². The van der Waals surface area contributed by atoms with Gasteiger partial charge in [-0.2, -0.15) is 5.26 Å². The summed E-state index contributed by atoms with van der Waals surface area (Å²) >= 11 is 5.90. The molecule has 0 aromatic heterocycles. The molecule has 96 valence electrons. The monoisotopic (exact) mass is 271 g/mol. The van der Waals surface area contributed by atoms with Crippen LogP contribution in [0.1, 0.15) is 11.1 Å². The van der Waals surface area contributed by atoms with Gasteiger partial charge in [-0.3, -0.25) is 0 Å². The van der Waals surface area contributed by atoms with E-state index in [4.69, 9.17) is 22.6 Å². The van der Waals surface area contributed by atoms with E-state index in [2.05, 4.69) is 6.07 Å². The minimum absolute atomic E-state index is 0.567. The van der Waals surface area contributed by atoms with E-state index in [1.54, 1.807) is 12.1 Å². The molecule has 2 N–H and O–H groups in total. The number of halogens is 1. The van der Waals surface area contributed by atoms with Crippen LogP contribution in [0.15, 0.2) is 42.5 Å². The Morgan fingerprint density at radius 3 is 2.74 bits per heavy atom. The normalized spacial score (nSPS) is 9.95. The predicted molar refractivity (Wildman–Crippen MR) is 79.1 cm³/mol. The lowest BCUT2D eigenvalue weighted by molar-refractivity contribution is 0.921. The van der Waals surface area contributed by atoms with Gasteiger partial charge in [-0.1, -0.05) is 23.7 Å². The Labute approximate surface area is 117 Å². The van der Waals surface area contributed by atoms with Gasteiger partial charge in [0.2, 0.25) is 0 Å². The van der Waals surface area contributed by atoms with Gasteiger partial charge < -0.3 is 10.6 Å². The molecule has 0 bridgehead atoms. The summed E-state index contributed by atoms with van der Waals surface area (Å²) in [6, 6.07) is 15.2. The number of nitrogen functional groups attached to an aromatic ring is 1. The van der Waals surface area contributed by atoms with Gasteiger partial charge in [-0.05, 0) is 35.9 Å². The van der Waals surface area contributed by atoms with Gasteiger partial charge in [-0.25, -0.2) is 0 Å². The van der Waals surface area contributed by atoms with Crippen LogP contribution in [-0.2, 0) is 6.54 Å². The largest absolute Gasteiger partial charge is 0.399 e. The topological polar surface area (TPSA) is 53.0 Å². The molecule has 3 nitrogen and oxygen atoms in total. The number of hydrogen-bond acceptors (Lipinski definition) is 3. The number of nitrogens with two attached hydrogens (primary N) is 1. The molecule has 0 spiro atoms. The van der Waals surface area contributed by atoms with Crippen LogP contribution in [0.5, 0.6) is 0 Å². The van der Waals surface area contributed by atoms with E-state index < -0.39 is 0 Å². The number of hydrogen-bond donors (Lipinski definition) is 1. The molecule has 0 aliphatic heterocycles. The van der Waals surface area contributed by atoms with Crippen molar-refractivity contribution in [3.05, 3.63) is 58.6 Å². The Bertz CT molecular complexity index is 632. The molecule has 0 unspecified atom stereocenters. The molecule has 0 amide bonds. The predicted octanol–water partition coefficient (Wildman–Crippen LogP) is 3.43. The zero-order valence-corrected chi connectivity index (χ0v) is 11.4. The standard InChI is InChI=1S/C15H14ClN3/c1-19(10-11-3-2-4-14(18)7-11)15-6-5-13(16)8-12(15)9-17/h2-8H,10,18H2,1H3. The smallest absolute Gasteiger partial charge is 0.101 e. The molecule has 0 aliphatic rings. The molecule has 0 fully saturated rings. The van der Waals surface area contributed by atoms with Crippen LogP contribution in [0.3, 0.4) is 0 Å². The summed E-state index contributed by atoms with van der Waals surface area (Å²) in [5.41, 5.74) is 9.02. The molecule has 2 aromatic carbocycles. The van der Waals surface area contributed by atoms with Gasteiger partial charge in [0.1, 0.15) is 6.07 Å². The van der Waals surface area contributed by atoms with E-state index in [0.29, 0.717) is 17.1 Å². The first-order valence-corrected chi connectivity index (χ1v) is 6.23. The Kier molecular flexibility index (Phi) is 3.94. The van der Waals surface area contributed by atoms with E-state index in [1.807, 2.05) is 42.3 Å². The molecule has 0 heterocycles. The van der Waals surface area contributed by atoms with Gasteiger partial charge in [0.25, 0.3) is 0 Å². The summed E-state index contributed by atoms with van der Waals surface area (Å²) in [7, 11) is 1.94. The Balaban J connectivity index is 2.25. The molecule has 0 saturated carbocycles. The maximum Gasteiger partial charge on any atom is 0.101 e. The summed E-state index contributed by atoms with van der Waals surface area (Å²) in [5.74, 6) is 0. The van der Waals surface area contributed by atoms with Crippen LogP contribution in [0.4, 0.5) is 11.4 Å². The van der Waals surface area contributed by atoms with Crippen molar-refractivity contribution < 1.29 is 0 Å². The molecule has 0 radical (unpaired) electrons. The molecule has 2 rings (SSSR count). The highest BCUT2D eigenvalue weighted by molar-refractivity contribution is 6.30. The summed E-state index contributed by atoms with van der Waals surface area (Å²) < 4.78 is 0. The Morgan fingerprint density at radius 1 is 1.26 bits per heavy atom. The van der Waals surface area contributed by atoms with Crippen molar-refractivity contribution in [1.29, 1.82) is 5.26 Å². The average Bonchev–Trinajstić information content (AvgIpc) is 2.38. The van der Waals surface area contributed by atoms with E-state index in [-0.39, 0.29) is 0 Å². The maximum absolute atomic E-state index is 9.15. The number of nitriles is 1. The van der Waals surface area contributed by atoms with E-state index in [9.17, 15) is 0 Å². The van der Waals surface area contributed by atoms with Crippen LogP contribution in [0, 0.1) is 11.3 Å². The molecular weight excluding hydrogens is 258 g/mol. The van der Waals surface area contributed by atoms with Crippen molar-refractivity contribution in [2.75, 3.05) is 17.7 Å². The Morgan fingerprint density at radius 2 is 2.05 bits per heavy atom. The van der Waals surface area contributed by atoms with Crippen molar-refractivity contribution in [3.8, 4) is 6.07 Å². The third-order valence-electron chi connectivity index (χ3n) is 2.86. The zero-order valence-electron chi connectivity index (χ0n) is 10.6. The zero-order chi connectivity index (χ0) is 13.8. The lowest BCUT2D eigenvalue weighted by Gasteiger charge is -2.21. The van der Waals surface area contributed by atoms with Crippen molar-refractivity contribution in [1.82, 2.24) is 0 Å². The molecule has 19 heavy (non-hydrogen) atoms. The minimum atomic E-state index is 0.567. The second-order valence-electron chi connectivity index (χ2n) is 4.37. The van der Waals surface area contributed by atoms with Crippen molar-refractivity contribution >= 4 is 23.0 Å². The molecule has 0 aliphatic carbocycles. The SMILES string of the molecule is CN(Cc1cccc(N)c1)c1ccc(Cl)cc1C#N. The molecule has 0 atom stereocenters. The third-order valence-corrected chi connectivity index (χ3v) is 3.10. The number of rotatable bonds is 3. The van der Waals surface area contributed by atoms with Gasteiger partial charge in [0, 0.05) is 24.3 Å². The van der Waals surface area contributed by atoms with Gasteiger partial charge in [0.15, 0.2) is 0 Å². The van der Waals surface area contributed by atoms with Gasteiger partial charge >= 0.3 is 0 Å².